The smallest absolute Gasteiger partial charge is 0.264 e. The van der Waals surface area contributed by atoms with E-state index >= 15 is 0 Å². The first kappa shape index (κ1) is 16.0. The molecule has 0 radical (unpaired) electrons. The van der Waals surface area contributed by atoms with Crippen LogP contribution >= 0.6 is 22.7 Å². The molecule has 0 unspecified atom stereocenters. The van der Waals surface area contributed by atoms with Gasteiger partial charge >= 0.3 is 0 Å². The lowest BCUT2D eigenvalue weighted by molar-refractivity contribution is 0.0769. The van der Waals surface area contributed by atoms with Crippen LogP contribution in [0.5, 0.6) is 0 Å². The fraction of sp³-hybridized carbons (Fsp3) is 0.429. The summed E-state index contributed by atoms with van der Waals surface area (Å²) in [5.41, 5.74) is 0.951. The Morgan fingerprint density at radius 1 is 1.25 bits per heavy atom. The number of thiophene rings is 1. The average Bonchev–Trinajstić information content (AvgIpc) is 3.12. The third kappa shape index (κ3) is 2.73. The summed E-state index contributed by atoms with van der Waals surface area (Å²) in [4.78, 5) is 21.5. The molecule has 4 heterocycles. The highest BCUT2D eigenvalue weighted by Crippen LogP contribution is 2.29. The van der Waals surface area contributed by atoms with Crippen molar-refractivity contribution in [2.75, 3.05) is 32.4 Å². The Hall–Kier alpha value is -1.49. The third-order valence-corrected chi connectivity index (χ3v) is 7.23. The summed E-state index contributed by atoms with van der Waals surface area (Å²) in [6.45, 7) is 1.81. The van der Waals surface area contributed by atoms with Crippen LogP contribution < -0.4 is 0 Å². The number of hydrogen-bond acceptors (Lipinski definition) is 6. The highest BCUT2D eigenvalue weighted by molar-refractivity contribution is 7.88. The number of rotatable bonds is 2. The lowest BCUT2D eigenvalue weighted by Crippen LogP contribution is -2.36. The molecule has 0 aromatic carbocycles. The number of thiazole rings is 1. The van der Waals surface area contributed by atoms with Crippen LogP contribution in [0.2, 0.25) is 0 Å². The number of nitrogens with zero attached hydrogens (tertiary/aromatic N) is 4. The minimum Gasteiger partial charge on any atom is -0.337 e. The van der Waals surface area contributed by atoms with E-state index in [1.54, 1.807) is 16.2 Å². The molecule has 3 aromatic rings. The molecule has 0 saturated carbocycles. The van der Waals surface area contributed by atoms with Crippen molar-refractivity contribution in [1.29, 1.82) is 0 Å². The van der Waals surface area contributed by atoms with Gasteiger partial charge in [0.05, 0.1) is 16.6 Å². The first-order valence-electron chi connectivity index (χ1n) is 7.53. The summed E-state index contributed by atoms with van der Waals surface area (Å²) < 4.78 is 26.8. The fourth-order valence-corrected chi connectivity index (χ4v) is 5.58. The zero-order valence-corrected chi connectivity index (χ0v) is 15.5. The molecule has 0 bridgehead atoms. The van der Waals surface area contributed by atoms with E-state index in [1.165, 1.54) is 21.9 Å². The Labute approximate surface area is 147 Å². The Kier molecular flexibility index (Phi) is 3.87. The van der Waals surface area contributed by atoms with E-state index < -0.39 is 10.0 Å². The van der Waals surface area contributed by atoms with Crippen LogP contribution in [-0.2, 0) is 10.0 Å². The van der Waals surface area contributed by atoms with Gasteiger partial charge in [-0.3, -0.25) is 9.20 Å². The summed E-state index contributed by atoms with van der Waals surface area (Å²) in [5.74, 6) is -0.0441. The van der Waals surface area contributed by atoms with Crippen LogP contribution in [0.4, 0.5) is 0 Å². The number of aromatic nitrogens is 2. The number of amides is 1. The van der Waals surface area contributed by atoms with E-state index in [1.807, 2.05) is 22.0 Å². The molecule has 0 N–H and O–H groups in total. The minimum absolute atomic E-state index is 0.0441. The monoisotopic (exact) mass is 384 g/mol. The maximum Gasteiger partial charge on any atom is 0.264 e. The van der Waals surface area contributed by atoms with E-state index in [2.05, 4.69) is 4.98 Å². The van der Waals surface area contributed by atoms with E-state index in [-0.39, 0.29) is 5.91 Å². The standard InChI is InChI=1S/C14H16N4O3S3/c1-24(20,21)17-4-2-3-16(5-6-17)13(19)11-9-10-12(23-11)15-14-18(10)7-8-22-14/h7-9H,2-6H2,1H3. The molecule has 1 aliphatic rings. The molecule has 0 atom stereocenters. The SMILES string of the molecule is CS(=O)(=O)N1CCCN(C(=O)c2cc3c(nc4sccn43)s2)CC1. The lowest BCUT2D eigenvalue weighted by atomic mass is 10.3. The number of hydrogen-bond donors (Lipinski definition) is 0. The van der Waals surface area contributed by atoms with Crippen LogP contribution in [-0.4, -0.2) is 65.3 Å². The van der Waals surface area contributed by atoms with Crippen molar-refractivity contribution in [3.05, 3.63) is 22.5 Å². The van der Waals surface area contributed by atoms with E-state index in [9.17, 15) is 13.2 Å². The average molecular weight is 385 g/mol. The Morgan fingerprint density at radius 3 is 2.88 bits per heavy atom. The van der Waals surface area contributed by atoms with Crippen molar-refractivity contribution in [1.82, 2.24) is 18.6 Å². The Balaban J connectivity index is 1.57. The zero-order chi connectivity index (χ0) is 16.9. The highest BCUT2D eigenvalue weighted by atomic mass is 32.2. The molecule has 128 valence electrons. The molecule has 1 fully saturated rings. The number of fused-ring (bicyclic) bond motifs is 3. The molecular weight excluding hydrogens is 368 g/mol. The van der Waals surface area contributed by atoms with E-state index in [0.717, 1.165) is 15.3 Å². The summed E-state index contributed by atoms with van der Waals surface area (Å²) in [6.07, 6.45) is 3.81. The maximum absolute atomic E-state index is 12.8. The van der Waals surface area contributed by atoms with Gasteiger partial charge in [0.15, 0.2) is 4.96 Å². The number of carbonyl (C=O) groups is 1. The van der Waals surface area contributed by atoms with Crippen molar-refractivity contribution >= 4 is 53.9 Å². The molecule has 7 nitrogen and oxygen atoms in total. The normalized spacial score (nSPS) is 17.6. The molecule has 10 heteroatoms. The van der Waals surface area contributed by atoms with Gasteiger partial charge in [-0.1, -0.05) is 0 Å². The first-order chi connectivity index (χ1) is 11.4. The topological polar surface area (TPSA) is 75.0 Å². The van der Waals surface area contributed by atoms with Gasteiger partial charge in [-0.2, -0.15) is 0 Å². The van der Waals surface area contributed by atoms with Gasteiger partial charge in [0.2, 0.25) is 10.0 Å². The summed E-state index contributed by atoms with van der Waals surface area (Å²) in [5, 5.41) is 1.97. The molecular formula is C14H16N4O3S3. The molecule has 1 saturated heterocycles. The van der Waals surface area contributed by atoms with Crippen molar-refractivity contribution in [3.63, 3.8) is 0 Å². The second-order valence-corrected chi connectivity index (χ2v) is 9.66. The lowest BCUT2D eigenvalue weighted by Gasteiger charge is -2.20. The van der Waals surface area contributed by atoms with Gasteiger partial charge in [-0.05, 0) is 12.5 Å². The van der Waals surface area contributed by atoms with E-state index in [0.29, 0.717) is 37.5 Å². The third-order valence-electron chi connectivity index (χ3n) is 4.16. The molecule has 0 spiro atoms. The second kappa shape index (κ2) is 5.80. The molecule has 24 heavy (non-hydrogen) atoms. The van der Waals surface area contributed by atoms with Gasteiger partial charge in [-0.15, -0.1) is 22.7 Å². The first-order valence-corrected chi connectivity index (χ1v) is 11.1. The molecule has 0 aliphatic carbocycles. The Morgan fingerprint density at radius 2 is 2.08 bits per heavy atom. The van der Waals surface area contributed by atoms with Crippen LogP contribution in [0.3, 0.4) is 0 Å². The van der Waals surface area contributed by atoms with Crippen LogP contribution in [0.1, 0.15) is 16.1 Å². The zero-order valence-electron chi connectivity index (χ0n) is 13.0. The molecule has 4 rings (SSSR count). The van der Waals surface area contributed by atoms with Gasteiger partial charge in [0.25, 0.3) is 5.91 Å². The molecule has 3 aromatic heterocycles. The fourth-order valence-electron chi connectivity index (χ4n) is 2.94. The minimum atomic E-state index is -3.21. The largest absolute Gasteiger partial charge is 0.337 e. The van der Waals surface area contributed by atoms with Crippen molar-refractivity contribution < 1.29 is 13.2 Å². The maximum atomic E-state index is 12.8. The van der Waals surface area contributed by atoms with Crippen molar-refractivity contribution in [3.8, 4) is 0 Å². The van der Waals surface area contributed by atoms with Crippen LogP contribution in [0.15, 0.2) is 17.6 Å². The summed E-state index contributed by atoms with van der Waals surface area (Å²) >= 11 is 2.96. The van der Waals surface area contributed by atoms with Gasteiger partial charge in [0.1, 0.15) is 4.83 Å². The Bertz CT molecular complexity index is 1020. The van der Waals surface area contributed by atoms with Crippen molar-refractivity contribution in [2.24, 2.45) is 0 Å². The van der Waals surface area contributed by atoms with Gasteiger partial charge < -0.3 is 4.90 Å². The van der Waals surface area contributed by atoms with Gasteiger partial charge in [0, 0.05) is 37.8 Å². The van der Waals surface area contributed by atoms with Crippen molar-refractivity contribution in [2.45, 2.75) is 6.42 Å². The molecule has 1 aliphatic heterocycles. The number of imidazole rings is 1. The highest BCUT2D eigenvalue weighted by Gasteiger charge is 2.26. The summed E-state index contributed by atoms with van der Waals surface area (Å²) in [7, 11) is -3.21. The quantitative estimate of drug-likeness (QED) is 0.674. The van der Waals surface area contributed by atoms with Gasteiger partial charge in [-0.25, -0.2) is 17.7 Å². The second-order valence-electron chi connectivity index (χ2n) is 5.78. The predicted molar refractivity (Wildman–Crippen MR) is 95.4 cm³/mol. The number of sulfonamides is 1. The summed E-state index contributed by atoms with van der Waals surface area (Å²) in [6, 6.07) is 1.88. The van der Waals surface area contributed by atoms with E-state index in [4.69, 9.17) is 0 Å². The predicted octanol–water partition coefficient (Wildman–Crippen LogP) is 1.72. The van der Waals surface area contributed by atoms with Crippen LogP contribution in [0, 0.1) is 0 Å². The van der Waals surface area contributed by atoms with Crippen LogP contribution in [0.25, 0.3) is 15.3 Å². The number of carbonyl (C=O) groups excluding carboxylic acids is 1. The molecule has 1 amide bonds.